The van der Waals surface area contributed by atoms with Gasteiger partial charge in [0.05, 0.1) is 19.3 Å². The number of carbonyl (C=O) groups is 3. The summed E-state index contributed by atoms with van der Waals surface area (Å²) in [6.07, 6.45) is 0.355. The number of hydrogen-bond donors (Lipinski definition) is 1. The first-order valence-corrected chi connectivity index (χ1v) is 10.0. The molecule has 0 saturated carbocycles. The van der Waals surface area contributed by atoms with Crippen LogP contribution in [0, 0.1) is 11.7 Å². The summed E-state index contributed by atoms with van der Waals surface area (Å²) in [5.74, 6) is -0.593. The van der Waals surface area contributed by atoms with E-state index in [9.17, 15) is 18.8 Å². The fraction of sp³-hybridized carbons (Fsp3) is 0.571. The molecule has 29 heavy (non-hydrogen) atoms. The second-order valence-electron chi connectivity index (χ2n) is 8.13. The molecule has 2 aliphatic rings. The molecule has 1 aromatic carbocycles. The third-order valence-corrected chi connectivity index (χ3v) is 5.09. The zero-order chi connectivity index (χ0) is 21.0. The van der Waals surface area contributed by atoms with Crippen molar-refractivity contribution >= 4 is 17.7 Å². The van der Waals surface area contributed by atoms with Gasteiger partial charge in [0.15, 0.2) is 0 Å². The maximum absolute atomic E-state index is 13.4. The van der Waals surface area contributed by atoms with Gasteiger partial charge in [0.1, 0.15) is 11.9 Å². The molecule has 2 atom stereocenters. The van der Waals surface area contributed by atoms with Crippen molar-refractivity contribution in [1.29, 1.82) is 0 Å². The maximum Gasteiger partial charge on any atom is 0.245 e. The molecule has 0 radical (unpaired) electrons. The molecule has 8 heteroatoms. The summed E-state index contributed by atoms with van der Waals surface area (Å²) in [6, 6.07) is 5.58. The quantitative estimate of drug-likeness (QED) is 0.774. The molecule has 1 unspecified atom stereocenters. The molecule has 7 nitrogen and oxygen atoms in total. The molecular formula is C21H28FN3O4. The van der Waals surface area contributed by atoms with Crippen LogP contribution in [-0.4, -0.2) is 65.8 Å². The number of nitrogens with one attached hydrogen (secondary N) is 1. The van der Waals surface area contributed by atoms with E-state index >= 15 is 0 Å². The summed E-state index contributed by atoms with van der Waals surface area (Å²) in [7, 11) is 0. The smallest absolute Gasteiger partial charge is 0.245 e. The molecule has 158 valence electrons. The highest BCUT2D eigenvalue weighted by Crippen LogP contribution is 2.16. The number of nitrogens with zero attached hydrogens (tertiary/aromatic N) is 2. The van der Waals surface area contributed by atoms with Gasteiger partial charge in [0.25, 0.3) is 0 Å². The predicted octanol–water partition coefficient (Wildman–Crippen LogP) is 1.32. The number of carbonyl (C=O) groups excluding carboxylic acids is 3. The van der Waals surface area contributed by atoms with Gasteiger partial charge in [0, 0.05) is 26.1 Å². The number of amides is 3. The number of halogens is 1. The number of benzene rings is 1. The lowest BCUT2D eigenvalue weighted by molar-refractivity contribution is -0.140. The third kappa shape index (κ3) is 5.76. The van der Waals surface area contributed by atoms with E-state index < -0.39 is 12.1 Å². The van der Waals surface area contributed by atoms with Gasteiger partial charge < -0.3 is 19.9 Å². The first-order chi connectivity index (χ1) is 13.8. The minimum absolute atomic E-state index is 0.0300. The van der Waals surface area contributed by atoms with Gasteiger partial charge in [-0.05, 0) is 30.0 Å². The lowest BCUT2D eigenvalue weighted by atomic mass is 10.2. The van der Waals surface area contributed by atoms with Crippen LogP contribution in [-0.2, 0) is 25.7 Å². The molecule has 1 aromatic rings. The Kier molecular flexibility index (Phi) is 6.84. The second-order valence-corrected chi connectivity index (χ2v) is 8.13. The molecule has 3 rings (SSSR count). The standard InChI is InChI=1S/C21H28FN3O4/c1-14(2)9-24-10-17(29-13-15-4-3-5-16(22)8-15)11-25(12-20(24)27)21(28)18-6-7-19(26)23-18/h3-5,8,14,17-18H,6-7,9-13H2,1-2H3,(H,23,26)/t17?,18-/m0/s1. The van der Waals surface area contributed by atoms with Crippen LogP contribution in [0.4, 0.5) is 4.39 Å². The van der Waals surface area contributed by atoms with Crippen molar-refractivity contribution in [2.45, 2.75) is 45.4 Å². The Labute approximate surface area is 170 Å². The first kappa shape index (κ1) is 21.2. The van der Waals surface area contributed by atoms with Crippen LogP contribution in [0.2, 0.25) is 0 Å². The largest absolute Gasteiger partial charge is 0.370 e. The van der Waals surface area contributed by atoms with E-state index in [1.54, 1.807) is 17.0 Å². The van der Waals surface area contributed by atoms with Crippen molar-refractivity contribution in [1.82, 2.24) is 15.1 Å². The Morgan fingerprint density at radius 2 is 2.10 bits per heavy atom. The molecule has 0 bridgehead atoms. The van der Waals surface area contributed by atoms with Crippen molar-refractivity contribution in [3.8, 4) is 0 Å². The number of hydrogen-bond acceptors (Lipinski definition) is 4. The first-order valence-electron chi connectivity index (χ1n) is 10.0. The summed E-state index contributed by atoms with van der Waals surface area (Å²) in [6.45, 7) is 5.40. The van der Waals surface area contributed by atoms with E-state index in [-0.39, 0.29) is 49.2 Å². The van der Waals surface area contributed by atoms with Crippen molar-refractivity contribution in [3.63, 3.8) is 0 Å². The second kappa shape index (κ2) is 9.35. The molecule has 0 aromatic heterocycles. The van der Waals surface area contributed by atoms with Crippen LogP contribution >= 0.6 is 0 Å². The summed E-state index contributed by atoms with van der Waals surface area (Å²) in [4.78, 5) is 40.3. The van der Waals surface area contributed by atoms with E-state index in [1.807, 2.05) is 13.8 Å². The molecule has 0 spiro atoms. The van der Waals surface area contributed by atoms with Gasteiger partial charge in [-0.15, -0.1) is 0 Å². The predicted molar refractivity (Wildman–Crippen MR) is 104 cm³/mol. The molecule has 2 heterocycles. The third-order valence-electron chi connectivity index (χ3n) is 5.09. The lowest BCUT2D eigenvalue weighted by Crippen LogP contribution is -2.48. The highest BCUT2D eigenvalue weighted by Gasteiger charge is 2.36. The average molecular weight is 405 g/mol. The van der Waals surface area contributed by atoms with E-state index in [1.165, 1.54) is 17.0 Å². The van der Waals surface area contributed by atoms with E-state index in [4.69, 9.17) is 4.74 Å². The monoisotopic (exact) mass is 405 g/mol. The lowest BCUT2D eigenvalue weighted by Gasteiger charge is -2.26. The topological polar surface area (TPSA) is 79.0 Å². The van der Waals surface area contributed by atoms with Crippen LogP contribution in [0.5, 0.6) is 0 Å². The summed E-state index contributed by atoms with van der Waals surface area (Å²) >= 11 is 0. The van der Waals surface area contributed by atoms with Gasteiger partial charge >= 0.3 is 0 Å². The Morgan fingerprint density at radius 3 is 2.76 bits per heavy atom. The summed E-state index contributed by atoms with van der Waals surface area (Å²) in [5.41, 5.74) is 0.692. The highest BCUT2D eigenvalue weighted by molar-refractivity contribution is 5.93. The highest BCUT2D eigenvalue weighted by atomic mass is 19.1. The Bertz CT molecular complexity index is 770. The van der Waals surface area contributed by atoms with Gasteiger partial charge in [-0.1, -0.05) is 26.0 Å². The summed E-state index contributed by atoms with van der Waals surface area (Å²) in [5, 5.41) is 2.67. The Balaban J connectivity index is 1.72. The van der Waals surface area contributed by atoms with Crippen LogP contribution in [0.15, 0.2) is 24.3 Å². The normalized spacial score (nSPS) is 22.8. The van der Waals surface area contributed by atoms with Gasteiger partial charge in [-0.2, -0.15) is 0 Å². The van der Waals surface area contributed by atoms with Crippen LogP contribution in [0.25, 0.3) is 0 Å². The Hall–Kier alpha value is -2.48. The van der Waals surface area contributed by atoms with E-state index in [0.29, 0.717) is 31.5 Å². The van der Waals surface area contributed by atoms with Gasteiger partial charge in [-0.3, -0.25) is 14.4 Å². The maximum atomic E-state index is 13.4. The SMILES string of the molecule is CC(C)CN1CC(OCc2cccc(F)c2)CN(C(=O)[C@@H]2CCC(=O)N2)CC1=O. The van der Waals surface area contributed by atoms with Crippen LogP contribution in [0.1, 0.15) is 32.3 Å². The van der Waals surface area contributed by atoms with E-state index in [2.05, 4.69) is 5.32 Å². The van der Waals surface area contributed by atoms with Gasteiger partial charge in [-0.25, -0.2) is 4.39 Å². The van der Waals surface area contributed by atoms with Crippen LogP contribution < -0.4 is 5.32 Å². The minimum Gasteiger partial charge on any atom is -0.370 e. The summed E-state index contributed by atoms with van der Waals surface area (Å²) < 4.78 is 19.4. The van der Waals surface area contributed by atoms with E-state index in [0.717, 1.165) is 0 Å². The van der Waals surface area contributed by atoms with Crippen molar-refractivity contribution in [2.75, 3.05) is 26.2 Å². The molecule has 1 N–H and O–H groups in total. The van der Waals surface area contributed by atoms with Crippen molar-refractivity contribution in [3.05, 3.63) is 35.6 Å². The van der Waals surface area contributed by atoms with Crippen molar-refractivity contribution in [2.24, 2.45) is 5.92 Å². The molecule has 2 saturated heterocycles. The minimum atomic E-state index is -0.587. The fourth-order valence-corrected chi connectivity index (χ4v) is 3.73. The Morgan fingerprint density at radius 1 is 1.31 bits per heavy atom. The zero-order valence-corrected chi connectivity index (χ0v) is 16.9. The number of ether oxygens (including phenoxy) is 1. The molecule has 3 amide bonds. The van der Waals surface area contributed by atoms with Crippen LogP contribution in [0.3, 0.4) is 0 Å². The molecule has 2 aliphatic heterocycles. The fourth-order valence-electron chi connectivity index (χ4n) is 3.73. The molecule has 2 fully saturated rings. The van der Waals surface area contributed by atoms with Crippen molar-refractivity contribution < 1.29 is 23.5 Å². The molecular weight excluding hydrogens is 377 g/mol. The molecule has 0 aliphatic carbocycles. The van der Waals surface area contributed by atoms with Gasteiger partial charge in [0.2, 0.25) is 17.7 Å². The number of rotatable bonds is 6. The zero-order valence-electron chi connectivity index (χ0n) is 16.9. The average Bonchev–Trinajstić information content (AvgIpc) is 3.03.